The second kappa shape index (κ2) is 10.3. The first-order chi connectivity index (χ1) is 15.2. The Labute approximate surface area is 186 Å². The lowest BCUT2D eigenvalue weighted by Crippen LogP contribution is -2.49. The first kappa shape index (κ1) is 21.8. The van der Waals surface area contributed by atoms with Gasteiger partial charge in [0.1, 0.15) is 6.10 Å². The van der Waals surface area contributed by atoms with Crippen LogP contribution in [-0.2, 0) is 9.47 Å². The number of nitrogens with one attached hydrogen (secondary N) is 1. The topological polar surface area (TPSA) is 46.1 Å². The Morgan fingerprint density at radius 1 is 1.06 bits per heavy atom. The van der Waals surface area contributed by atoms with Gasteiger partial charge in [0.2, 0.25) is 0 Å². The molecule has 2 aliphatic heterocycles. The van der Waals surface area contributed by atoms with Crippen LogP contribution in [0.5, 0.6) is 0 Å². The molecule has 0 radical (unpaired) electrons. The number of aliphatic imine (C=N–C) groups is 1. The maximum absolute atomic E-state index is 6.20. The number of ether oxygens (including phenoxy) is 2. The third kappa shape index (κ3) is 5.28. The summed E-state index contributed by atoms with van der Waals surface area (Å²) in [6.07, 6.45) is 2.49. The molecule has 2 aromatic rings. The van der Waals surface area contributed by atoms with Gasteiger partial charge in [0.05, 0.1) is 19.3 Å². The standard InChI is InChI=1S/C26H35N3O2/c1-19-10-12-21(13-11-19)25-22(8-6-15-31-25)17-28-26(27-3)29-14-16-30-24(18-29)23-9-5-4-7-20(23)2/h4-5,7,9-13,22,24-25H,6,8,14-18H2,1-3H3,(H,27,28). The summed E-state index contributed by atoms with van der Waals surface area (Å²) >= 11 is 0. The Morgan fingerprint density at radius 2 is 1.87 bits per heavy atom. The van der Waals surface area contributed by atoms with Gasteiger partial charge in [-0.05, 0) is 43.4 Å². The summed E-state index contributed by atoms with van der Waals surface area (Å²) in [4.78, 5) is 6.92. The average molecular weight is 422 g/mol. The second-order valence-electron chi connectivity index (χ2n) is 8.69. The van der Waals surface area contributed by atoms with Crippen molar-refractivity contribution in [2.24, 2.45) is 10.9 Å². The predicted molar refractivity (Wildman–Crippen MR) is 125 cm³/mol. The van der Waals surface area contributed by atoms with Crippen LogP contribution in [0.1, 0.15) is 47.3 Å². The molecular formula is C26H35N3O2. The molecule has 31 heavy (non-hydrogen) atoms. The zero-order valence-electron chi connectivity index (χ0n) is 19.0. The van der Waals surface area contributed by atoms with E-state index in [1.54, 1.807) is 0 Å². The van der Waals surface area contributed by atoms with Crippen molar-refractivity contribution in [1.29, 1.82) is 0 Å². The van der Waals surface area contributed by atoms with Crippen LogP contribution < -0.4 is 5.32 Å². The zero-order chi connectivity index (χ0) is 21.6. The smallest absolute Gasteiger partial charge is 0.193 e. The lowest BCUT2D eigenvalue weighted by atomic mass is 9.89. The van der Waals surface area contributed by atoms with Crippen molar-refractivity contribution in [1.82, 2.24) is 10.2 Å². The van der Waals surface area contributed by atoms with Crippen molar-refractivity contribution in [3.8, 4) is 0 Å². The number of benzene rings is 2. The van der Waals surface area contributed by atoms with Gasteiger partial charge in [-0.2, -0.15) is 0 Å². The summed E-state index contributed by atoms with van der Waals surface area (Å²) in [6, 6.07) is 17.3. The summed E-state index contributed by atoms with van der Waals surface area (Å²) < 4.78 is 12.3. The highest BCUT2D eigenvalue weighted by atomic mass is 16.5. The van der Waals surface area contributed by atoms with E-state index in [1.807, 2.05) is 7.05 Å². The van der Waals surface area contributed by atoms with Crippen LogP contribution in [0.4, 0.5) is 0 Å². The Morgan fingerprint density at radius 3 is 2.65 bits per heavy atom. The highest BCUT2D eigenvalue weighted by Gasteiger charge is 2.29. The molecule has 2 saturated heterocycles. The molecule has 4 rings (SSSR count). The lowest BCUT2D eigenvalue weighted by Gasteiger charge is -2.37. The number of guanidine groups is 1. The number of rotatable bonds is 4. The van der Waals surface area contributed by atoms with E-state index in [4.69, 9.17) is 9.47 Å². The van der Waals surface area contributed by atoms with Crippen LogP contribution in [0.15, 0.2) is 53.5 Å². The molecule has 0 saturated carbocycles. The maximum Gasteiger partial charge on any atom is 0.193 e. The molecule has 0 spiro atoms. The minimum Gasteiger partial charge on any atom is -0.373 e. The van der Waals surface area contributed by atoms with E-state index < -0.39 is 0 Å². The van der Waals surface area contributed by atoms with Crippen molar-refractivity contribution in [2.75, 3.05) is 39.9 Å². The van der Waals surface area contributed by atoms with Gasteiger partial charge in [-0.3, -0.25) is 4.99 Å². The van der Waals surface area contributed by atoms with Gasteiger partial charge in [-0.15, -0.1) is 0 Å². The van der Waals surface area contributed by atoms with E-state index in [0.717, 1.165) is 45.0 Å². The number of nitrogens with zero attached hydrogens (tertiary/aromatic N) is 2. The minimum absolute atomic E-state index is 0.0758. The molecule has 3 unspecified atom stereocenters. The van der Waals surface area contributed by atoms with Crippen molar-refractivity contribution < 1.29 is 9.47 Å². The Bertz CT molecular complexity index is 880. The Balaban J connectivity index is 1.40. The van der Waals surface area contributed by atoms with Gasteiger partial charge in [0, 0.05) is 32.7 Å². The van der Waals surface area contributed by atoms with Crippen LogP contribution >= 0.6 is 0 Å². The SMILES string of the molecule is CN=C(NCC1CCCOC1c1ccc(C)cc1)N1CCOC(c2ccccc2C)C1. The van der Waals surface area contributed by atoms with Gasteiger partial charge < -0.3 is 19.7 Å². The molecule has 0 aliphatic carbocycles. The lowest BCUT2D eigenvalue weighted by molar-refractivity contribution is -0.0276. The second-order valence-corrected chi connectivity index (χ2v) is 8.69. The summed E-state index contributed by atoms with van der Waals surface area (Å²) in [6.45, 7) is 8.35. The van der Waals surface area contributed by atoms with Crippen LogP contribution in [0.3, 0.4) is 0 Å². The van der Waals surface area contributed by atoms with Crippen molar-refractivity contribution in [3.63, 3.8) is 0 Å². The highest BCUT2D eigenvalue weighted by molar-refractivity contribution is 5.80. The molecule has 0 amide bonds. The fraction of sp³-hybridized carbons (Fsp3) is 0.500. The molecular weight excluding hydrogens is 386 g/mol. The zero-order valence-corrected chi connectivity index (χ0v) is 19.0. The van der Waals surface area contributed by atoms with E-state index in [9.17, 15) is 0 Å². The van der Waals surface area contributed by atoms with Crippen LogP contribution in [0.2, 0.25) is 0 Å². The molecule has 2 aliphatic rings. The van der Waals surface area contributed by atoms with E-state index in [1.165, 1.54) is 22.3 Å². The van der Waals surface area contributed by atoms with Crippen molar-refractivity contribution in [3.05, 3.63) is 70.8 Å². The molecule has 2 fully saturated rings. The summed E-state index contributed by atoms with van der Waals surface area (Å²) in [5.74, 6) is 1.39. The first-order valence-electron chi connectivity index (χ1n) is 11.5. The third-order valence-electron chi connectivity index (χ3n) is 6.49. The van der Waals surface area contributed by atoms with E-state index in [0.29, 0.717) is 12.5 Å². The largest absolute Gasteiger partial charge is 0.373 e. The summed E-state index contributed by atoms with van der Waals surface area (Å²) in [5.41, 5.74) is 5.10. The monoisotopic (exact) mass is 421 g/mol. The normalized spacial score (nSPS) is 24.8. The van der Waals surface area contributed by atoms with Crippen molar-refractivity contribution >= 4 is 5.96 Å². The number of aryl methyl sites for hydroxylation is 2. The number of hydrogen-bond acceptors (Lipinski definition) is 3. The first-order valence-corrected chi connectivity index (χ1v) is 11.5. The van der Waals surface area contributed by atoms with Crippen LogP contribution in [-0.4, -0.2) is 50.8 Å². The van der Waals surface area contributed by atoms with Gasteiger partial charge in [0.25, 0.3) is 0 Å². The quantitative estimate of drug-likeness (QED) is 0.586. The summed E-state index contributed by atoms with van der Waals surface area (Å²) in [5, 5.41) is 3.65. The molecule has 3 atom stereocenters. The predicted octanol–water partition coefficient (Wildman–Crippen LogP) is 4.42. The number of morpholine rings is 1. The molecule has 0 aromatic heterocycles. The highest BCUT2D eigenvalue weighted by Crippen LogP contribution is 2.33. The minimum atomic E-state index is 0.0758. The fourth-order valence-electron chi connectivity index (χ4n) is 4.71. The molecule has 0 bridgehead atoms. The molecule has 5 heteroatoms. The Kier molecular flexibility index (Phi) is 7.25. The van der Waals surface area contributed by atoms with E-state index >= 15 is 0 Å². The van der Waals surface area contributed by atoms with Crippen molar-refractivity contribution in [2.45, 2.75) is 38.9 Å². The molecule has 5 nitrogen and oxygen atoms in total. The molecule has 166 valence electrons. The maximum atomic E-state index is 6.20. The van der Waals surface area contributed by atoms with Crippen LogP contribution in [0, 0.1) is 19.8 Å². The fourth-order valence-corrected chi connectivity index (χ4v) is 4.71. The molecule has 1 N–H and O–H groups in total. The van der Waals surface area contributed by atoms with Crippen LogP contribution in [0.25, 0.3) is 0 Å². The Hall–Kier alpha value is -2.37. The van der Waals surface area contributed by atoms with Gasteiger partial charge in [-0.1, -0.05) is 54.1 Å². The third-order valence-corrected chi connectivity index (χ3v) is 6.49. The van der Waals surface area contributed by atoms with Gasteiger partial charge in [0.15, 0.2) is 5.96 Å². The summed E-state index contributed by atoms with van der Waals surface area (Å²) in [7, 11) is 1.87. The van der Waals surface area contributed by atoms with Gasteiger partial charge >= 0.3 is 0 Å². The number of hydrogen-bond donors (Lipinski definition) is 1. The molecule has 2 heterocycles. The average Bonchev–Trinajstić information content (AvgIpc) is 2.81. The van der Waals surface area contributed by atoms with Gasteiger partial charge in [-0.25, -0.2) is 0 Å². The van der Waals surface area contributed by atoms with E-state index in [2.05, 4.69) is 77.6 Å². The molecule has 2 aromatic carbocycles. The van der Waals surface area contributed by atoms with E-state index in [-0.39, 0.29) is 12.2 Å².